The van der Waals surface area contributed by atoms with Gasteiger partial charge in [0, 0.05) is 42.1 Å². The van der Waals surface area contributed by atoms with Crippen LogP contribution in [0.3, 0.4) is 0 Å². The van der Waals surface area contributed by atoms with Gasteiger partial charge in [0.2, 0.25) is 0 Å². The Morgan fingerprint density at radius 2 is 2.12 bits per heavy atom. The van der Waals surface area contributed by atoms with Crippen LogP contribution in [-0.4, -0.2) is 37.6 Å². The third-order valence-electron chi connectivity index (χ3n) is 2.42. The molecule has 1 aromatic carbocycles. The van der Waals surface area contributed by atoms with E-state index < -0.39 is 0 Å². The van der Waals surface area contributed by atoms with Gasteiger partial charge in [0.05, 0.1) is 6.61 Å². The molecule has 0 unspecified atom stereocenters. The van der Waals surface area contributed by atoms with Crippen molar-refractivity contribution >= 4 is 39.1 Å². The van der Waals surface area contributed by atoms with Gasteiger partial charge in [-0.25, -0.2) is 0 Å². The molecule has 0 aliphatic carbocycles. The van der Waals surface area contributed by atoms with E-state index in [0.717, 1.165) is 34.7 Å². The van der Waals surface area contributed by atoms with Gasteiger partial charge in [-0.15, -0.1) is 11.6 Å². The maximum Gasteiger partial charge on any atom is 0.0589 e. The monoisotopic (exact) mass is 339 g/mol. The van der Waals surface area contributed by atoms with Crippen molar-refractivity contribution in [2.75, 3.05) is 32.7 Å². The van der Waals surface area contributed by atoms with Gasteiger partial charge >= 0.3 is 0 Å². The van der Waals surface area contributed by atoms with Gasteiger partial charge in [0.15, 0.2) is 0 Å². The highest BCUT2D eigenvalue weighted by Gasteiger charge is 2.08. The predicted octanol–water partition coefficient (Wildman–Crippen LogP) is 3.79. The molecule has 0 N–H and O–H groups in total. The van der Waals surface area contributed by atoms with Crippen molar-refractivity contribution in [2.24, 2.45) is 0 Å². The van der Waals surface area contributed by atoms with E-state index in [-0.39, 0.29) is 0 Å². The summed E-state index contributed by atoms with van der Waals surface area (Å²) in [5, 5.41) is 0.774. The Hall–Kier alpha value is 0.200. The van der Waals surface area contributed by atoms with E-state index in [2.05, 4.69) is 20.8 Å². The Labute approximate surface area is 121 Å². The van der Waals surface area contributed by atoms with E-state index in [1.807, 2.05) is 18.2 Å². The van der Waals surface area contributed by atoms with Crippen molar-refractivity contribution in [1.82, 2.24) is 4.90 Å². The summed E-state index contributed by atoms with van der Waals surface area (Å²) in [4.78, 5) is 2.23. The average molecular weight is 341 g/mol. The zero-order chi connectivity index (χ0) is 12.7. The normalized spacial score (nSPS) is 11.1. The molecule has 0 aliphatic heterocycles. The molecule has 0 aromatic heterocycles. The van der Waals surface area contributed by atoms with Gasteiger partial charge in [-0.3, -0.25) is 4.90 Å². The van der Waals surface area contributed by atoms with E-state index >= 15 is 0 Å². The van der Waals surface area contributed by atoms with E-state index in [4.69, 9.17) is 27.9 Å². The van der Waals surface area contributed by atoms with Crippen LogP contribution in [0.15, 0.2) is 22.7 Å². The lowest BCUT2D eigenvalue weighted by Crippen LogP contribution is -2.29. The van der Waals surface area contributed by atoms with Crippen LogP contribution in [0.4, 0.5) is 0 Å². The molecule has 0 radical (unpaired) electrons. The molecule has 0 spiro atoms. The van der Waals surface area contributed by atoms with Crippen LogP contribution < -0.4 is 0 Å². The maximum absolute atomic E-state index is 6.19. The highest BCUT2D eigenvalue weighted by Crippen LogP contribution is 2.22. The standard InChI is InChI=1S/C12H16BrCl2NO/c1-17-7-6-16(5-4-14)9-10-2-3-11(13)8-12(10)15/h2-3,8H,4-7,9H2,1H3. The molecule has 0 heterocycles. The first kappa shape index (κ1) is 15.3. The number of nitrogens with zero attached hydrogens (tertiary/aromatic N) is 1. The third-order valence-corrected chi connectivity index (χ3v) is 3.44. The van der Waals surface area contributed by atoms with Crippen LogP contribution in [0, 0.1) is 0 Å². The summed E-state index contributed by atoms with van der Waals surface area (Å²) in [6.45, 7) is 3.18. The Balaban J connectivity index is 2.64. The second kappa shape index (κ2) is 8.33. The molecule has 0 aliphatic rings. The SMILES string of the molecule is COCCN(CCCl)Cc1ccc(Br)cc1Cl. The van der Waals surface area contributed by atoms with E-state index in [1.54, 1.807) is 7.11 Å². The molecule has 0 amide bonds. The minimum atomic E-state index is 0.609. The largest absolute Gasteiger partial charge is 0.383 e. The Kier molecular flexibility index (Phi) is 7.47. The summed E-state index contributed by atoms with van der Waals surface area (Å²) in [6.07, 6.45) is 0. The van der Waals surface area contributed by atoms with Crippen molar-refractivity contribution in [3.8, 4) is 0 Å². The molecule has 5 heteroatoms. The van der Waals surface area contributed by atoms with Gasteiger partial charge in [-0.05, 0) is 17.7 Å². The fourth-order valence-electron chi connectivity index (χ4n) is 1.50. The van der Waals surface area contributed by atoms with Crippen molar-refractivity contribution in [1.29, 1.82) is 0 Å². The van der Waals surface area contributed by atoms with Gasteiger partial charge in [0.25, 0.3) is 0 Å². The van der Waals surface area contributed by atoms with Crippen molar-refractivity contribution in [3.05, 3.63) is 33.3 Å². The number of methoxy groups -OCH3 is 1. The molecule has 0 saturated heterocycles. The fraction of sp³-hybridized carbons (Fsp3) is 0.500. The second-order valence-corrected chi connectivity index (χ2v) is 5.39. The van der Waals surface area contributed by atoms with E-state index in [0.29, 0.717) is 12.5 Å². The van der Waals surface area contributed by atoms with Crippen molar-refractivity contribution < 1.29 is 4.74 Å². The highest BCUT2D eigenvalue weighted by molar-refractivity contribution is 9.10. The third kappa shape index (κ3) is 5.58. The molecule has 0 saturated carbocycles. The number of ether oxygens (including phenoxy) is 1. The summed E-state index contributed by atoms with van der Waals surface area (Å²) in [6, 6.07) is 5.93. The van der Waals surface area contributed by atoms with Crippen molar-refractivity contribution in [2.45, 2.75) is 6.54 Å². The van der Waals surface area contributed by atoms with Crippen LogP contribution in [0.2, 0.25) is 5.02 Å². The van der Waals surface area contributed by atoms with E-state index in [9.17, 15) is 0 Å². The Morgan fingerprint density at radius 3 is 2.71 bits per heavy atom. The van der Waals surface area contributed by atoms with Crippen LogP contribution in [-0.2, 0) is 11.3 Å². The zero-order valence-electron chi connectivity index (χ0n) is 9.76. The molecule has 0 fully saturated rings. The fourth-order valence-corrected chi connectivity index (χ4v) is 2.47. The lowest BCUT2D eigenvalue weighted by Gasteiger charge is -2.21. The number of hydrogen-bond donors (Lipinski definition) is 0. The molecular formula is C12H16BrCl2NO. The number of hydrogen-bond acceptors (Lipinski definition) is 2. The summed E-state index contributed by atoms with van der Waals surface area (Å²) >= 11 is 15.4. The molecule has 2 nitrogen and oxygen atoms in total. The zero-order valence-corrected chi connectivity index (χ0v) is 12.9. The van der Waals surface area contributed by atoms with Crippen LogP contribution in [0.1, 0.15) is 5.56 Å². The predicted molar refractivity (Wildman–Crippen MR) is 77.0 cm³/mol. The summed E-state index contributed by atoms with van der Waals surface area (Å²) in [5.74, 6) is 0.609. The first-order chi connectivity index (χ1) is 8.17. The molecular weight excluding hydrogens is 325 g/mol. The van der Waals surface area contributed by atoms with Gasteiger partial charge in [0.1, 0.15) is 0 Å². The van der Waals surface area contributed by atoms with Crippen LogP contribution in [0.5, 0.6) is 0 Å². The van der Waals surface area contributed by atoms with Gasteiger partial charge in [-0.2, -0.15) is 0 Å². The molecule has 0 atom stereocenters. The number of halogens is 3. The van der Waals surface area contributed by atoms with E-state index in [1.165, 1.54) is 0 Å². The molecule has 0 bridgehead atoms. The smallest absolute Gasteiger partial charge is 0.0589 e. The number of rotatable bonds is 7. The average Bonchev–Trinajstić information content (AvgIpc) is 2.29. The number of alkyl halides is 1. The van der Waals surface area contributed by atoms with Gasteiger partial charge < -0.3 is 4.74 Å². The highest BCUT2D eigenvalue weighted by atomic mass is 79.9. The maximum atomic E-state index is 6.19. The first-order valence-electron chi connectivity index (χ1n) is 5.38. The molecule has 17 heavy (non-hydrogen) atoms. The number of benzene rings is 1. The summed E-state index contributed by atoms with van der Waals surface area (Å²) in [5.41, 5.74) is 1.11. The second-order valence-electron chi connectivity index (χ2n) is 3.69. The Morgan fingerprint density at radius 1 is 1.35 bits per heavy atom. The summed E-state index contributed by atoms with van der Waals surface area (Å²) in [7, 11) is 1.70. The quantitative estimate of drug-likeness (QED) is 0.700. The lowest BCUT2D eigenvalue weighted by atomic mass is 10.2. The lowest BCUT2D eigenvalue weighted by molar-refractivity contribution is 0.148. The molecule has 1 rings (SSSR count). The summed E-state index contributed by atoms with van der Waals surface area (Å²) < 4.78 is 6.07. The van der Waals surface area contributed by atoms with Crippen LogP contribution in [0.25, 0.3) is 0 Å². The molecule has 96 valence electrons. The van der Waals surface area contributed by atoms with Crippen LogP contribution >= 0.6 is 39.1 Å². The first-order valence-corrected chi connectivity index (χ1v) is 7.09. The minimum Gasteiger partial charge on any atom is -0.383 e. The molecule has 1 aromatic rings. The minimum absolute atomic E-state index is 0.609. The Bertz CT molecular complexity index is 349. The topological polar surface area (TPSA) is 12.5 Å². The van der Waals surface area contributed by atoms with Crippen molar-refractivity contribution in [3.63, 3.8) is 0 Å². The van der Waals surface area contributed by atoms with Gasteiger partial charge in [-0.1, -0.05) is 33.6 Å².